The number of rotatable bonds is 10. The molecule has 2 heterocycles. The standard InChI is InChI=1S/C37H45ClN4O4/c1-24(2)41-19-17-27(18-20-41)35(37(46)39-30-13-14-31(38)25(3)21-30)40-36(45)32-22-28-11-7-8-12-29(28)23-42(32)34(44)16-15-33(43)26-9-5-4-6-10-26/h4-14,21,24,27,32-33,35,43H,15-20,22-23H2,1-3H3,(H,39,46)(H,40,45)/t32-,33?,35-/m0/s1. The highest BCUT2D eigenvalue weighted by Crippen LogP contribution is 2.28. The summed E-state index contributed by atoms with van der Waals surface area (Å²) in [6, 6.07) is 21.3. The van der Waals surface area contributed by atoms with E-state index in [-0.39, 0.29) is 36.5 Å². The lowest BCUT2D eigenvalue weighted by Crippen LogP contribution is -2.58. The second kappa shape index (κ2) is 15.2. The first-order valence-corrected chi connectivity index (χ1v) is 16.7. The first-order valence-electron chi connectivity index (χ1n) is 16.3. The summed E-state index contributed by atoms with van der Waals surface area (Å²) >= 11 is 6.22. The molecule has 3 amide bonds. The highest BCUT2D eigenvalue weighted by atomic mass is 35.5. The van der Waals surface area contributed by atoms with Crippen molar-refractivity contribution in [2.45, 2.75) is 83.6 Å². The molecule has 8 nitrogen and oxygen atoms in total. The Kier molecular flexibility index (Phi) is 11.1. The quantitative estimate of drug-likeness (QED) is 0.264. The van der Waals surface area contributed by atoms with Crippen LogP contribution < -0.4 is 10.6 Å². The molecule has 3 aromatic carbocycles. The third kappa shape index (κ3) is 8.16. The van der Waals surface area contributed by atoms with Gasteiger partial charge in [-0.2, -0.15) is 0 Å². The summed E-state index contributed by atoms with van der Waals surface area (Å²) in [6.07, 6.45) is 1.44. The number of benzene rings is 3. The highest BCUT2D eigenvalue weighted by Gasteiger charge is 2.39. The number of aryl methyl sites for hydroxylation is 1. The Balaban J connectivity index is 1.35. The van der Waals surface area contributed by atoms with Gasteiger partial charge >= 0.3 is 0 Å². The van der Waals surface area contributed by atoms with Crippen LogP contribution in [0.5, 0.6) is 0 Å². The van der Waals surface area contributed by atoms with E-state index >= 15 is 0 Å². The summed E-state index contributed by atoms with van der Waals surface area (Å²) in [6.45, 7) is 8.19. The zero-order chi connectivity index (χ0) is 32.8. The molecule has 46 heavy (non-hydrogen) atoms. The van der Waals surface area contributed by atoms with Gasteiger partial charge in [-0.25, -0.2) is 0 Å². The topological polar surface area (TPSA) is 102 Å². The smallest absolute Gasteiger partial charge is 0.247 e. The van der Waals surface area contributed by atoms with E-state index in [2.05, 4.69) is 29.4 Å². The number of carbonyl (C=O) groups excluding carboxylic acids is 3. The van der Waals surface area contributed by atoms with Crippen LogP contribution in [-0.4, -0.2) is 63.8 Å². The molecule has 2 aliphatic heterocycles. The number of hydrogen-bond acceptors (Lipinski definition) is 5. The number of carbonyl (C=O) groups is 3. The molecule has 3 atom stereocenters. The maximum absolute atomic E-state index is 14.2. The van der Waals surface area contributed by atoms with E-state index in [4.69, 9.17) is 11.6 Å². The van der Waals surface area contributed by atoms with E-state index in [0.29, 0.717) is 29.7 Å². The molecule has 0 spiro atoms. The molecule has 244 valence electrons. The summed E-state index contributed by atoms with van der Waals surface area (Å²) in [5, 5.41) is 17.5. The van der Waals surface area contributed by atoms with Crippen molar-refractivity contribution in [2.24, 2.45) is 5.92 Å². The van der Waals surface area contributed by atoms with Crippen LogP contribution >= 0.6 is 11.6 Å². The van der Waals surface area contributed by atoms with Gasteiger partial charge in [0.2, 0.25) is 17.7 Å². The summed E-state index contributed by atoms with van der Waals surface area (Å²) in [5.74, 6) is -0.885. The van der Waals surface area contributed by atoms with E-state index in [1.165, 1.54) is 0 Å². The lowest BCUT2D eigenvalue weighted by atomic mass is 9.87. The predicted octanol–water partition coefficient (Wildman–Crippen LogP) is 5.66. The number of fused-ring (bicyclic) bond motifs is 1. The van der Waals surface area contributed by atoms with Crippen LogP contribution in [0.4, 0.5) is 5.69 Å². The van der Waals surface area contributed by atoms with Crippen molar-refractivity contribution in [1.82, 2.24) is 15.1 Å². The Morgan fingerprint density at radius 1 is 0.957 bits per heavy atom. The first-order chi connectivity index (χ1) is 22.1. The maximum atomic E-state index is 14.2. The zero-order valence-electron chi connectivity index (χ0n) is 26.9. The first kappa shape index (κ1) is 33.6. The van der Waals surface area contributed by atoms with E-state index in [0.717, 1.165) is 48.2 Å². The van der Waals surface area contributed by atoms with Crippen LogP contribution in [0.25, 0.3) is 0 Å². The monoisotopic (exact) mass is 644 g/mol. The SMILES string of the molecule is Cc1cc(NC(=O)[C@@H](NC(=O)[C@@H]2Cc3ccccc3CN2C(=O)CCC(O)c2ccccc2)C2CCN(C(C)C)CC2)ccc1Cl. The van der Waals surface area contributed by atoms with Crippen molar-refractivity contribution >= 4 is 35.0 Å². The number of nitrogens with zero attached hydrogens (tertiary/aromatic N) is 2. The molecule has 0 aromatic heterocycles. The van der Waals surface area contributed by atoms with Gasteiger partial charge in [0.15, 0.2) is 0 Å². The minimum atomic E-state index is -0.782. The summed E-state index contributed by atoms with van der Waals surface area (Å²) in [5.41, 5.74) is 4.22. The fourth-order valence-electron chi connectivity index (χ4n) is 6.62. The lowest BCUT2D eigenvalue weighted by Gasteiger charge is -2.40. The Labute approximate surface area is 277 Å². The molecule has 1 unspecified atom stereocenters. The van der Waals surface area contributed by atoms with Gasteiger partial charge < -0.3 is 25.5 Å². The third-order valence-electron chi connectivity index (χ3n) is 9.47. The number of piperidine rings is 1. The number of nitrogens with one attached hydrogen (secondary N) is 2. The lowest BCUT2D eigenvalue weighted by molar-refractivity contribution is -0.143. The normalized spacial score (nSPS) is 18.5. The van der Waals surface area contributed by atoms with Gasteiger partial charge in [-0.05, 0) is 99.5 Å². The molecule has 0 aliphatic carbocycles. The summed E-state index contributed by atoms with van der Waals surface area (Å²) in [7, 11) is 0. The Bertz CT molecular complexity index is 1520. The molecule has 9 heteroatoms. The van der Waals surface area contributed by atoms with Crippen molar-refractivity contribution in [3.63, 3.8) is 0 Å². The van der Waals surface area contributed by atoms with Crippen molar-refractivity contribution in [3.8, 4) is 0 Å². The van der Waals surface area contributed by atoms with Gasteiger partial charge in [-0.1, -0.05) is 66.2 Å². The van der Waals surface area contributed by atoms with E-state index in [9.17, 15) is 19.5 Å². The van der Waals surface area contributed by atoms with Crippen LogP contribution in [0.3, 0.4) is 0 Å². The van der Waals surface area contributed by atoms with Crippen LogP contribution in [-0.2, 0) is 27.3 Å². The minimum Gasteiger partial charge on any atom is -0.388 e. The number of likely N-dealkylation sites (tertiary alicyclic amines) is 1. The third-order valence-corrected chi connectivity index (χ3v) is 9.89. The average molecular weight is 645 g/mol. The molecule has 1 fully saturated rings. The molecular weight excluding hydrogens is 600 g/mol. The minimum absolute atomic E-state index is 0.0617. The van der Waals surface area contributed by atoms with Crippen LogP contribution in [0.1, 0.15) is 67.9 Å². The van der Waals surface area contributed by atoms with Gasteiger partial charge in [0.1, 0.15) is 12.1 Å². The number of aliphatic hydroxyl groups excluding tert-OH is 1. The van der Waals surface area contributed by atoms with Crippen LogP contribution in [0.15, 0.2) is 72.8 Å². The molecule has 2 aliphatic rings. The second-order valence-electron chi connectivity index (χ2n) is 12.9. The molecule has 0 saturated carbocycles. The van der Waals surface area contributed by atoms with Crippen LogP contribution in [0, 0.1) is 12.8 Å². The molecular formula is C37H45ClN4O4. The molecule has 3 N–H and O–H groups in total. The maximum Gasteiger partial charge on any atom is 0.247 e. The Morgan fingerprint density at radius 3 is 2.30 bits per heavy atom. The van der Waals surface area contributed by atoms with Gasteiger partial charge in [0.05, 0.1) is 6.10 Å². The van der Waals surface area contributed by atoms with E-state index in [1.807, 2.05) is 67.6 Å². The van der Waals surface area contributed by atoms with Crippen molar-refractivity contribution < 1.29 is 19.5 Å². The molecule has 3 aromatic rings. The molecule has 0 radical (unpaired) electrons. The van der Waals surface area contributed by atoms with Gasteiger partial charge in [-0.15, -0.1) is 0 Å². The van der Waals surface area contributed by atoms with E-state index < -0.39 is 18.2 Å². The molecule has 1 saturated heterocycles. The second-order valence-corrected chi connectivity index (χ2v) is 13.3. The average Bonchev–Trinajstić information content (AvgIpc) is 3.07. The number of anilines is 1. The molecule has 0 bridgehead atoms. The van der Waals surface area contributed by atoms with Crippen molar-refractivity contribution in [3.05, 3.63) is 100 Å². The van der Waals surface area contributed by atoms with Gasteiger partial charge in [0.25, 0.3) is 0 Å². The summed E-state index contributed by atoms with van der Waals surface area (Å²) in [4.78, 5) is 45.8. The van der Waals surface area contributed by atoms with Crippen molar-refractivity contribution in [2.75, 3.05) is 18.4 Å². The predicted molar refractivity (Wildman–Crippen MR) is 181 cm³/mol. The van der Waals surface area contributed by atoms with E-state index in [1.54, 1.807) is 17.0 Å². The number of amides is 3. The van der Waals surface area contributed by atoms with Gasteiger partial charge in [-0.3, -0.25) is 14.4 Å². The van der Waals surface area contributed by atoms with Gasteiger partial charge in [0, 0.05) is 36.1 Å². The molecule has 5 rings (SSSR count). The Morgan fingerprint density at radius 2 is 1.63 bits per heavy atom. The number of hydrogen-bond donors (Lipinski definition) is 3. The largest absolute Gasteiger partial charge is 0.388 e. The fourth-order valence-corrected chi connectivity index (χ4v) is 6.74. The summed E-state index contributed by atoms with van der Waals surface area (Å²) < 4.78 is 0. The highest BCUT2D eigenvalue weighted by molar-refractivity contribution is 6.31. The number of halogens is 1. The zero-order valence-corrected chi connectivity index (χ0v) is 27.7. The van der Waals surface area contributed by atoms with Crippen LogP contribution in [0.2, 0.25) is 5.02 Å². The van der Waals surface area contributed by atoms with Crippen molar-refractivity contribution in [1.29, 1.82) is 0 Å². The fraction of sp³-hybridized carbons (Fsp3) is 0.432. The number of aliphatic hydroxyl groups is 1. The Hall–Kier alpha value is -3.72.